The summed E-state index contributed by atoms with van der Waals surface area (Å²) in [5, 5.41) is 28.6. The molecule has 4 heterocycles. The van der Waals surface area contributed by atoms with Crippen molar-refractivity contribution in [2.45, 2.75) is 44.6 Å². The number of hydrogen-bond acceptors (Lipinski definition) is 8. The largest absolute Gasteiger partial charge is 0.366 e. The standard InChI is InChI=1S/C24H24F2N6O3/c1-24(23(33)34)9-4-5-10-31(24)22-17(26)13-27-21(28-22)19-12-20(18-8-11-35-30-18)32(29-19)14-15-6-2-3-7-16(15)25/h2-3,6-8,11-13,23,33-34H,4-5,9-10,14H2,1H3. The Morgan fingerprint density at radius 1 is 1.11 bits per heavy atom. The van der Waals surface area contributed by atoms with E-state index in [2.05, 4.69) is 20.2 Å². The molecule has 0 aliphatic carbocycles. The first-order valence-corrected chi connectivity index (χ1v) is 11.3. The minimum atomic E-state index is -1.68. The molecule has 4 aromatic rings. The summed E-state index contributed by atoms with van der Waals surface area (Å²) in [4.78, 5) is 10.1. The Morgan fingerprint density at radius 3 is 2.69 bits per heavy atom. The summed E-state index contributed by atoms with van der Waals surface area (Å²) < 4.78 is 35.8. The molecule has 3 aromatic heterocycles. The number of aromatic nitrogens is 5. The van der Waals surface area contributed by atoms with Crippen molar-refractivity contribution in [1.82, 2.24) is 24.9 Å². The van der Waals surface area contributed by atoms with E-state index in [0.29, 0.717) is 35.6 Å². The maximum Gasteiger partial charge on any atom is 0.183 e. The van der Waals surface area contributed by atoms with Crippen LogP contribution in [-0.2, 0) is 6.54 Å². The summed E-state index contributed by atoms with van der Waals surface area (Å²) in [6, 6.07) is 9.70. The molecule has 0 amide bonds. The Bertz CT molecular complexity index is 1330. The molecule has 5 rings (SSSR count). The summed E-state index contributed by atoms with van der Waals surface area (Å²) in [7, 11) is 0. The highest BCUT2D eigenvalue weighted by Crippen LogP contribution is 2.36. The number of hydrogen-bond donors (Lipinski definition) is 2. The molecular weight excluding hydrogens is 458 g/mol. The molecule has 35 heavy (non-hydrogen) atoms. The lowest BCUT2D eigenvalue weighted by atomic mass is 9.87. The van der Waals surface area contributed by atoms with Crippen molar-refractivity contribution in [2.24, 2.45) is 0 Å². The molecule has 1 aromatic carbocycles. The van der Waals surface area contributed by atoms with Crippen LogP contribution in [0.3, 0.4) is 0 Å². The van der Waals surface area contributed by atoms with Gasteiger partial charge in [0.25, 0.3) is 0 Å². The zero-order valence-corrected chi connectivity index (χ0v) is 19.0. The highest BCUT2D eigenvalue weighted by atomic mass is 19.1. The normalized spacial score (nSPS) is 18.4. The maximum atomic E-state index is 14.9. The first kappa shape index (κ1) is 23.1. The SMILES string of the molecule is CC1(C(O)O)CCCCN1c1nc(-c2cc(-c3ccon3)n(Cc3ccccc3F)n2)ncc1F. The summed E-state index contributed by atoms with van der Waals surface area (Å²) >= 11 is 0. The van der Waals surface area contributed by atoms with Crippen LogP contribution in [0.4, 0.5) is 14.6 Å². The third-order valence-electron chi connectivity index (χ3n) is 6.46. The molecule has 0 saturated carbocycles. The van der Waals surface area contributed by atoms with Gasteiger partial charge in [-0.05, 0) is 38.3 Å². The van der Waals surface area contributed by atoms with Gasteiger partial charge in [0.2, 0.25) is 0 Å². The topological polar surface area (TPSA) is 113 Å². The van der Waals surface area contributed by atoms with Crippen LogP contribution >= 0.6 is 0 Å². The number of aliphatic hydroxyl groups excluding tert-OH is 1. The second-order valence-electron chi connectivity index (χ2n) is 8.75. The first-order valence-electron chi connectivity index (χ1n) is 11.3. The lowest BCUT2D eigenvalue weighted by molar-refractivity contribution is -0.0993. The third-order valence-corrected chi connectivity index (χ3v) is 6.46. The van der Waals surface area contributed by atoms with Gasteiger partial charge in [-0.3, -0.25) is 4.68 Å². The van der Waals surface area contributed by atoms with E-state index in [1.54, 1.807) is 46.8 Å². The van der Waals surface area contributed by atoms with Gasteiger partial charge < -0.3 is 19.6 Å². The van der Waals surface area contributed by atoms with E-state index in [1.165, 1.54) is 12.3 Å². The Labute approximate surface area is 199 Å². The monoisotopic (exact) mass is 482 g/mol. The molecule has 0 bridgehead atoms. The second-order valence-corrected chi connectivity index (χ2v) is 8.75. The minimum absolute atomic E-state index is 0.0306. The number of benzene rings is 1. The summed E-state index contributed by atoms with van der Waals surface area (Å²) in [6.45, 7) is 2.20. The van der Waals surface area contributed by atoms with E-state index >= 15 is 0 Å². The number of nitrogens with zero attached hydrogens (tertiary/aromatic N) is 6. The fourth-order valence-corrected chi connectivity index (χ4v) is 4.42. The number of anilines is 1. The molecule has 182 valence electrons. The van der Waals surface area contributed by atoms with E-state index in [-0.39, 0.29) is 24.0 Å². The van der Waals surface area contributed by atoms with Crippen molar-refractivity contribution in [1.29, 1.82) is 0 Å². The van der Waals surface area contributed by atoms with Gasteiger partial charge in [0.05, 0.1) is 24.0 Å². The average Bonchev–Trinajstić information content (AvgIpc) is 3.52. The minimum Gasteiger partial charge on any atom is -0.366 e. The van der Waals surface area contributed by atoms with Crippen molar-refractivity contribution in [3.63, 3.8) is 0 Å². The van der Waals surface area contributed by atoms with Crippen molar-refractivity contribution in [3.05, 3.63) is 66.1 Å². The molecule has 1 aliphatic heterocycles. The summed E-state index contributed by atoms with van der Waals surface area (Å²) in [5.74, 6) is -0.941. The molecule has 0 spiro atoms. The van der Waals surface area contributed by atoms with Gasteiger partial charge in [-0.15, -0.1) is 0 Å². The number of halogens is 2. The van der Waals surface area contributed by atoms with Crippen LogP contribution in [0.2, 0.25) is 0 Å². The van der Waals surface area contributed by atoms with Crippen LogP contribution in [0.25, 0.3) is 22.9 Å². The maximum absolute atomic E-state index is 14.9. The van der Waals surface area contributed by atoms with Crippen molar-refractivity contribution in [3.8, 4) is 22.9 Å². The van der Waals surface area contributed by atoms with Crippen LogP contribution in [0.5, 0.6) is 0 Å². The molecule has 1 saturated heterocycles. The first-order chi connectivity index (χ1) is 16.9. The van der Waals surface area contributed by atoms with Crippen molar-refractivity contribution < 1.29 is 23.5 Å². The molecule has 1 unspecified atom stereocenters. The van der Waals surface area contributed by atoms with E-state index in [9.17, 15) is 19.0 Å². The Hall–Kier alpha value is -3.70. The average molecular weight is 482 g/mol. The molecule has 1 aliphatic rings. The van der Waals surface area contributed by atoms with Gasteiger partial charge in [0.15, 0.2) is 23.7 Å². The van der Waals surface area contributed by atoms with E-state index < -0.39 is 17.6 Å². The van der Waals surface area contributed by atoms with Crippen molar-refractivity contribution in [2.75, 3.05) is 11.4 Å². The Kier molecular flexibility index (Phi) is 6.03. The lowest BCUT2D eigenvalue weighted by Crippen LogP contribution is -2.58. The van der Waals surface area contributed by atoms with Gasteiger partial charge in [-0.25, -0.2) is 18.7 Å². The van der Waals surface area contributed by atoms with Gasteiger partial charge >= 0.3 is 0 Å². The second kappa shape index (κ2) is 9.16. The number of rotatable bonds is 6. The molecular formula is C24H24F2N6O3. The van der Waals surface area contributed by atoms with Crippen LogP contribution in [0.1, 0.15) is 31.7 Å². The fraction of sp³-hybridized carbons (Fsp3) is 0.333. The van der Waals surface area contributed by atoms with Gasteiger partial charge in [0.1, 0.15) is 23.5 Å². The predicted molar refractivity (Wildman–Crippen MR) is 122 cm³/mol. The van der Waals surface area contributed by atoms with Crippen LogP contribution < -0.4 is 4.90 Å². The highest BCUT2D eigenvalue weighted by Gasteiger charge is 2.42. The predicted octanol–water partition coefficient (Wildman–Crippen LogP) is 3.38. The quantitative estimate of drug-likeness (QED) is 0.402. The molecule has 0 radical (unpaired) electrons. The lowest BCUT2D eigenvalue weighted by Gasteiger charge is -2.46. The molecule has 1 atom stereocenters. The summed E-state index contributed by atoms with van der Waals surface area (Å²) in [5.41, 5.74) is 0.674. The molecule has 1 fully saturated rings. The van der Waals surface area contributed by atoms with Crippen molar-refractivity contribution >= 4 is 5.82 Å². The van der Waals surface area contributed by atoms with E-state index in [4.69, 9.17) is 4.52 Å². The smallest absolute Gasteiger partial charge is 0.183 e. The Morgan fingerprint density at radius 2 is 1.94 bits per heavy atom. The van der Waals surface area contributed by atoms with Crippen LogP contribution in [0.15, 0.2) is 53.4 Å². The molecule has 11 heteroatoms. The van der Waals surface area contributed by atoms with Crippen LogP contribution in [-0.4, -0.2) is 53.5 Å². The van der Waals surface area contributed by atoms with E-state index in [1.807, 2.05) is 0 Å². The van der Waals surface area contributed by atoms with Gasteiger partial charge in [-0.2, -0.15) is 5.10 Å². The number of piperidine rings is 1. The van der Waals surface area contributed by atoms with Gasteiger partial charge in [-0.1, -0.05) is 23.4 Å². The summed E-state index contributed by atoms with van der Waals surface area (Å²) in [6.07, 6.45) is 2.79. The molecule has 9 nitrogen and oxygen atoms in total. The molecule has 2 N–H and O–H groups in total. The number of aliphatic hydroxyl groups is 2. The third kappa shape index (κ3) is 4.28. The zero-order chi connectivity index (χ0) is 24.6. The fourth-order valence-electron chi connectivity index (χ4n) is 4.42. The Balaban J connectivity index is 1.57. The van der Waals surface area contributed by atoms with Crippen LogP contribution in [0, 0.1) is 11.6 Å². The zero-order valence-electron chi connectivity index (χ0n) is 19.0. The highest BCUT2D eigenvalue weighted by molar-refractivity contribution is 5.63. The van der Waals surface area contributed by atoms with E-state index in [0.717, 1.165) is 19.0 Å². The van der Waals surface area contributed by atoms with Gasteiger partial charge in [0, 0.05) is 18.2 Å².